The van der Waals surface area contributed by atoms with E-state index in [-0.39, 0.29) is 17.7 Å². The molecule has 9 heteroatoms. The van der Waals surface area contributed by atoms with Crippen LogP contribution in [0.2, 0.25) is 0 Å². The fourth-order valence-corrected chi connectivity index (χ4v) is 4.55. The third-order valence-corrected chi connectivity index (χ3v) is 6.72. The quantitative estimate of drug-likeness (QED) is 0.292. The van der Waals surface area contributed by atoms with Crippen molar-refractivity contribution in [1.82, 2.24) is 14.7 Å². The van der Waals surface area contributed by atoms with E-state index < -0.39 is 11.2 Å². The van der Waals surface area contributed by atoms with Crippen molar-refractivity contribution in [3.05, 3.63) is 101 Å². The number of ether oxygens (including phenoxy) is 2. The van der Waals surface area contributed by atoms with Crippen LogP contribution < -0.4 is 15.2 Å². The molecule has 3 aromatic carbocycles. The van der Waals surface area contributed by atoms with Crippen molar-refractivity contribution in [2.75, 3.05) is 31.1 Å². The molecule has 0 saturated carbocycles. The average Bonchev–Trinajstić information content (AvgIpc) is 2.95. The van der Waals surface area contributed by atoms with E-state index in [1.165, 1.54) is 16.8 Å². The van der Waals surface area contributed by atoms with Gasteiger partial charge in [0.05, 0.1) is 11.9 Å². The minimum Gasteiger partial charge on any atom is -0.449 e. The van der Waals surface area contributed by atoms with Gasteiger partial charge in [0.1, 0.15) is 22.9 Å². The molecule has 212 valence electrons. The lowest BCUT2D eigenvalue weighted by Crippen LogP contribution is -2.50. The second kappa shape index (κ2) is 11.4. The number of amides is 1. The number of rotatable bonds is 5. The first-order chi connectivity index (χ1) is 19.6. The lowest BCUT2D eigenvalue weighted by Gasteiger charge is -2.37. The Balaban J connectivity index is 1.44. The third kappa shape index (κ3) is 6.57. The van der Waals surface area contributed by atoms with E-state index in [1.807, 2.05) is 69.0 Å². The molecule has 0 unspecified atom stereocenters. The summed E-state index contributed by atoms with van der Waals surface area (Å²) in [4.78, 5) is 30.0. The lowest BCUT2D eigenvalue weighted by molar-refractivity contribution is 0.0240. The molecule has 1 aliphatic rings. The Morgan fingerprint density at radius 3 is 2.02 bits per heavy atom. The van der Waals surface area contributed by atoms with Crippen LogP contribution in [0.3, 0.4) is 0 Å². The van der Waals surface area contributed by atoms with Crippen LogP contribution in [0.25, 0.3) is 16.8 Å². The molecule has 1 saturated heterocycles. The summed E-state index contributed by atoms with van der Waals surface area (Å²) in [5, 5.41) is 4.47. The highest BCUT2D eigenvalue weighted by atomic mass is 19.1. The fraction of sp³-hybridized carbons (Fsp3) is 0.281. The molecule has 8 nitrogen and oxygen atoms in total. The number of nitrogens with zero attached hydrogens (tertiary/aromatic N) is 4. The molecule has 1 aliphatic heterocycles. The van der Waals surface area contributed by atoms with Crippen molar-refractivity contribution in [2.24, 2.45) is 0 Å². The topological polar surface area (TPSA) is 76.9 Å². The summed E-state index contributed by atoms with van der Waals surface area (Å²) in [6.45, 7) is 9.32. The highest BCUT2D eigenvalue weighted by Gasteiger charge is 2.28. The van der Waals surface area contributed by atoms with Crippen LogP contribution in [0.1, 0.15) is 26.3 Å². The van der Waals surface area contributed by atoms with Gasteiger partial charge in [0.25, 0.3) is 0 Å². The molecule has 0 atom stereocenters. The summed E-state index contributed by atoms with van der Waals surface area (Å²) in [6.07, 6.45) is 1.27. The van der Waals surface area contributed by atoms with Crippen molar-refractivity contribution in [3.8, 4) is 28.3 Å². The molecule has 1 aromatic heterocycles. The van der Waals surface area contributed by atoms with Crippen molar-refractivity contribution in [2.45, 2.75) is 33.3 Å². The summed E-state index contributed by atoms with van der Waals surface area (Å²) >= 11 is 0. The monoisotopic (exact) mass is 556 g/mol. The number of aromatic nitrogens is 2. The molecule has 1 amide bonds. The van der Waals surface area contributed by atoms with Crippen molar-refractivity contribution < 1.29 is 18.7 Å². The Bertz CT molecular complexity index is 1570. The molecule has 2 heterocycles. The van der Waals surface area contributed by atoms with Gasteiger partial charge in [-0.1, -0.05) is 42.0 Å². The normalized spacial score (nSPS) is 13.7. The van der Waals surface area contributed by atoms with Crippen LogP contribution in [0.4, 0.5) is 14.9 Å². The average molecular weight is 557 g/mol. The Kier molecular flexibility index (Phi) is 7.79. The first-order valence-corrected chi connectivity index (χ1v) is 13.5. The highest BCUT2D eigenvalue weighted by Crippen LogP contribution is 2.31. The number of aryl methyl sites for hydroxylation is 1. The van der Waals surface area contributed by atoms with Gasteiger partial charge in [-0.2, -0.15) is 9.78 Å². The smallest absolute Gasteiger partial charge is 0.410 e. The molecule has 0 radical (unpaired) electrons. The second-order valence-corrected chi connectivity index (χ2v) is 11.0. The highest BCUT2D eigenvalue weighted by molar-refractivity contribution is 5.69. The second-order valence-electron chi connectivity index (χ2n) is 11.0. The maximum Gasteiger partial charge on any atom is 0.410 e. The number of hydrogen-bond acceptors (Lipinski definition) is 6. The maximum atomic E-state index is 13.8. The molecule has 4 aromatic rings. The number of benzene rings is 3. The summed E-state index contributed by atoms with van der Waals surface area (Å²) in [5.74, 6) is 0.319. The van der Waals surface area contributed by atoms with Gasteiger partial charge < -0.3 is 19.3 Å². The first kappa shape index (κ1) is 27.9. The molecule has 0 bridgehead atoms. The van der Waals surface area contributed by atoms with E-state index >= 15 is 0 Å². The number of carbonyl (C=O) groups excluding carboxylic acids is 1. The van der Waals surface area contributed by atoms with E-state index in [0.717, 1.165) is 16.7 Å². The van der Waals surface area contributed by atoms with Crippen LogP contribution in [0.15, 0.2) is 83.8 Å². The van der Waals surface area contributed by atoms with Crippen molar-refractivity contribution in [3.63, 3.8) is 0 Å². The molecule has 1 fully saturated rings. The Morgan fingerprint density at radius 1 is 0.854 bits per heavy atom. The van der Waals surface area contributed by atoms with E-state index in [2.05, 4.69) is 5.10 Å². The lowest BCUT2D eigenvalue weighted by atomic mass is 10.1. The molecule has 5 rings (SSSR count). The summed E-state index contributed by atoms with van der Waals surface area (Å²) in [5.41, 5.74) is 3.02. The molecule has 0 aliphatic carbocycles. The number of anilines is 1. The Hall–Kier alpha value is -4.66. The minimum atomic E-state index is -0.577. The van der Waals surface area contributed by atoms with Crippen molar-refractivity contribution in [1.29, 1.82) is 0 Å². The number of piperazine rings is 1. The van der Waals surface area contributed by atoms with Crippen LogP contribution in [-0.2, 0) is 4.74 Å². The summed E-state index contributed by atoms with van der Waals surface area (Å²) < 4.78 is 26.4. The van der Waals surface area contributed by atoms with E-state index in [9.17, 15) is 14.0 Å². The Labute approximate surface area is 238 Å². The largest absolute Gasteiger partial charge is 0.449 e. The number of halogens is 1. The molecule has 0 spiro atoms. The standard InChI is InChI=1S/C32H33FN4O4/c1-22-5-13-26(14-6-22)37-30(38)29(40-27-15-9-24(10-16-27)23-7-11-25(33)12-8-23)28(21-34-37)35-17-19-36(20-18-35)31(39)41-32(2,3)4/h5-16,21H,17-20H2,1-4H3. The van der Waals surface area contributed by atoms with Gasteiger partial charge in [0.15, 0.2) is 0 Å². The SMILES string of the molecule is Cc1ccc(-n2ncc(N3CCN(C(=O)OC(C)(C)C)CC3)c(Oc3ccc(-c4ccc(F)cc4)cc3)c2=O)cc1. The minimum absolute atomic E-state index is 0.140. The predicted molar refractivity (Wildman–Crippen MR) is 157 cm³/mol. The first-order valence-electron chi connectivity index (χ1n) is 13.5. The zero-order valence-corrected chi connectivity index (χ0v) is 23.6. The van der Waals surface area contributed by atoms with Crippen LogP contribution in [-0.4, -0.2) is 52.6 Å². The van der Waals surface area contributed by atoms with Crippen molar-refractivity contribution >= 4 is 11.8 Å². The van der Waals surface area contributed by atoms with Crippen LogP contribution in [0, 0.1) is 12.7 Å². The predicted octanol–water partition coefficient (Wildman–Crippen LogP) is 6.20. The van der Waals surface area contributed by atoms with Gasteiger partial charge in [-0.25, -0.2) is 9.18 Å². The van der Waals surface area contributed by atoms with Gasteiger partial charge >= 0.3 is 11.7 Å². The van der Waals surface area contributed by atoms with Crippen LogP contribution in [0.5, 0.6) is 11.5 Å². The number of carbonyl (C=O) groups is 1. The van der Waals surface area contributed by atoms with E-state index in [0.29, 0.717) is 43.3 Å². The third-order valence-electron chi connectivity index (χ3n) is 6.72. The van der Waals surface area contributed by atoms with Gasteiger partial charge in [-0.3, -0.25) is 4.79 Å². The molecular weight excluding hydrogens is 523 g/mol. The molecule has 41 heavy (non-hydrogen) atoms. The van der Waals surface area contributed by atoms with Crippen LogP contribution >= 0.6 is 0 Å². The van der Waals surface area contributed by atoms with E-state index in [1.54, 1.807) is 35.4 Å². The maximum absolute atomic E-state index is 13.8. The number of hydrogen-bond donors (Lipinski definition) is 0. The summed E-state index contributed by atoms with van der Waals surface area (Å²) in [7, 11) is 0. The zero-order valence-electron chi connectivity index (χ0n) is 23.6. The Morgan fingerprint density at radius 2 is 1.44 bits per heavy atom. The molecule has 0 N–H and O–H groups in total. The van der Waals surface area contributed by atoms with Gasteiger partial charge in [0, 0.05) is 26.2 Å². The molecular formula is C32H33FN4O4. The fourth-order valence-electron chi connectivity index (χ4n) is 4.55. The van der Waals surface area contributed by atoms with Gasteiger partial charge in [0.2, 0.25) is 5.75 Å². The zero-order chi connectivity index (χ0) is 29.1. The van der Waals surface area contributed by atoms with Gasteiger partial charge in [-0.15, -0.1) is 0 Å². The summed E-state index contributed by atoms with van der Waals surface area (Å²) in [6, 6.07) is 21.0. The van der Waals surface area contributed by atoms with Gasteiger partial charge in [-0.05, 0) is 75.2 Å². The van der Waals surface area contributed by atoms with E-state index in [4.69, 9.17) is 9.47 Å².